The maximum atomic E-state index is 14.8. The molecule has 4 rings (SSSR count). The van der Waals surface area contributed by atoms with Crippen LogP contribution >= 0.6 is 0 Å². The molecule has 0 heterocycles. The molecule has 0 spiro atoms. The molecule has 0 bridgehead atoms. The number of fused-ring (bicyclic) bond motifs is 2. The quantitative estimate of drug-likeness (QED) is 0.456. The summed E-state index contributed by atoms with van der Waals surface area (Å²) < 4.78 is 14.8. The van der Waals surface area contributed by atoms with Crippen molar-refractivity contribution < 1.29 is 4.39 Å². The molecule has 2 saturated carbocycles. The van der Waals surface area contributed by atoms with Gasteiger partial charge in [0.15, 0.2) is 0 Å². The van der Waals surface area contributed by atoms with E-state index in [1.807, 2.05) is 6.07 Å². The highest BCUT2D eigenvalue weighted by Crippen LogP contribution is 2.48. The van der Waals surface area contributed by atoms with Crippen LogP contribution in [0.3, 0.4) is 0 Å². The first-order valence-electron chi connectivity index (χ1n) is 11.8. The molecule has 29 heavy (non-hydrogen) atoms. The molecule has 154 valence electrons. The lowest BCUT2D eigenvalue weighted by atomic mass is 9.63. The van der Waals surface area contributed by atoms with Crippen LogP contribution in [0, 0.1) is 34.9 Å². The zero-order valence-electron chi connectivity index (χ0n) is 17.8. The van der Waals surface area contributed by atoms with Gasteiger partial charge in [0.2, 0.25) is 0 Å². The molecule has 4 atom stereocenters. The fraction of sp³-hybridized carbons (Fsp3) is 0.593. The zero-order valence-corrected chi connectivity index (χ0v) is 17.8. The first-order chi connectivity index (χ1) is 14.2. The molecular weight excluding hydrogens is 357 g/mol. The summed E-state index contributed by atoms with van der Waals surface area (Å²) in [6.45, 7) is 2.29. The average Bonchev–Trinajstić information content (AvgIpc) is 2.76. The zero-order chi connectivity index (χ0) is 20.2. The van der Waals surface area contributed by atoms with E-state index in [9.17, 15) is 4.39 Å². The van der Waals surface area contributed by atoms with Crippen LogP contribution < -0.4 is 0 Å². The van der Waals surface area contributed by atoms with Crippen LogP contribution in [0.2, 0.25) is 0 Å². The largest absolute Gasteiger partial charge is 0.206 e. The Morgan fingerprint density at radius 1 is 0.966 bits per heavy atom. The molecule has 0 saturated heterocycles. The molecule has 0 aromatic heterocycles. The van der Waals surface area contributed by atoms with E-state index in [0.717, 1.165) is 23.1 Å². The van der Waals surface area contributed by atoms with Crippen LogP contribution in [0.4, 0.5) is 4.39 Å². The molecular formula is C27H34FN. The fourth-order valence-corrected chi connectivity index (χ4v) is 6.05. The van der Waals surface area contributed by atoms with Gasteiger partial charge >= 0.3 is 0 Å². The van der Waals surface area contributed by atoms with Crippen LogP contribution in [-0.2, 0) is 0 Å². The Bertz CT molecular complexity index is 880. The lowest BCUT2D eigenvalue weighted by Gasteiger charge is -2.42. The summed E-state index contributed by atoms with van der Waals surface area (Å²) in [7, 11) is 0. The van der Waals surface area contributed by atoms with E-state index < -0.39 is 0 Å². The smallest absolute Gasteiger partial charge is 0.131 e. The van der Waals surface area contributed by atoms with Gasteiger partial charge in [-0.2, -0.15) is 5.26 Å². The molecule has 2 aliphatic carbocycles. The molecule has 0 aliphatic heterocycles. The molecule has 0 N–H and O–H groups in total. The lowest BCUT2D eigenvalue weighted by molar-refractivity contribution is 0.113. The Morgan fingerprint density at radius 2 is 1.79 bits per heavy atom. The highest BCUT2D eigenvalue weighted by atomic mass is 19.1. The van der Waals surface area contributed by atoms with Crippen molar-refractivity contribution in [2.75, 3.05) is 0 Å². The van der Waals surface area contributed by atoms with Crippen molar-refractivity contribution in [1.29, 1.82) is 5.26 Å². The lowest BCUT2D eigenvalue weighted by Crippen LogP contribution is -2.30. The third-order valence-electron chi connectivity index (χ3n) is 7.71. The van der Waals surface area contributed by atoms with Crippen molar-refractivity contribution in [3.05, 3.63) is 47.3 Å². The minimum atomic E-state index is -0.174. The number of unbranched alkanes of at least 4 members (excludes halogenated alkanes) is 3. The number of benzene rings is 2. The van der Waals surface area contributed by atoms with Crippen molar-refractivity contribution in [3.8, 4) is 6.07 Å². The van der Waals surface area contributed by atoms with Gasteiger partial charge in [-0.15, -0.1) is 0 Å². The molecule has 2 heteroatoms. The Morgan fingerprint density at radius 3 is 2.62 bits per heavy atom. The second-order valence-electron chi connectivity index (χ2n) is 9.61. The van der Waals surface area contributed by atoms with Crippen LogP contribution in [0.15, 0.2) is 30.3 Å². The van der Waals surface area contributed by atoms with Crippen molar-refractivity contribution in [1.82, 2.24) is 0 Å². The summed E-state index contributed by atoms with van der Waals surface area (Å²) in [6, 6.07) is 11.4. The maximum absolute atomic E-state index is 14.8. The summed E-state index contributed by atoms with van der Waals surface area (Å²) in [5.41, 5.74) is 1.69. The molecule has 0 amide bonds. The van der Waals surface area contributed by atoms with Crippen molar-refractivity contribution >= 4 is 10.8 Å². The maximum Gasteiger partial charge on any atom is 0.131 e. The number of halogens is 1. The molecule has 1 nitrogen and oxygen atoms in total. The van der Waals surface area contributed by atoms with Crippen molar-refractivity contribution in [2.24, 2.45) is 17.8 Å². The van der Waals surface area contributed by atoms with Crippen LogP contribution in [0.5, 0.6) is 0 Å². The highest BCUT2D eigenvalue weighted by molar-refractivity contribution is 5.85. The SMILES string of the molecule is CCCCCC[C@@H]1CC[C@@H]2CC(c3cc(F)c4cc(C#N)ccc4c3)CCC2C1. The minimum absolute atomic E-state index is 0.174. The average molecular weight is 392 g/mol. The van der Waals surface area contributed by atoms with E-state index in [-0.39, 0.29) is 5.82 Å². The number of nitrogens with zero attached hydrogens (tertiary/aromatic N) is 1. The van der Waals surface area contributed by atoms with E-state index in [0.29, 0.717) is 16.9 Å². The Kier molecular flexibility index (Phi) is 6.53. The molecule has 2 unspecified atom stereocenters. The Hall–Kier alpha value is -1.88. The molecule has 0 radical (unpaired) electrons. The summed E-state index contributed by atoms with van der Waals surface area (Å²) in [6.07, 6.45) is 14.9. The first kappa shape index (κ1) is 20.4. The minimum Gasteiger partial charge on any atom is -0.206 e. The van der Waals surface area contributed by atoms with Gasteiger partial charge in [-0.05, 0) is 84.9 Å². The number of hydrogen-bond acceptors (Lipinski definition) is 1. The number of rotatable bonds is 6. The normalized spacial score (nSPS) is 26.8. The predicted molar refractivity (Wildman–Crippen MR) is 118 cm³/mol. The van der Waals surface area contributed by atoms with Crippen molar-refractivity contribution in [3.63, 3.8) is 0 Å². The van der Waals surface area contributed by atoms with Gasteiger partial charge in [0, 0.05) is 5.39 Å². The summed E-state index contributed by atoms with van der Waals surface area (Å²) in [5.74, 6) is 3.01. The third-order valence-corrected chi connectivity index (χ3v) is 7.71. The van der Waals surface area contributed by atoms with Gasteiger partial charge in [0.05, 0.1) is 11.6 Å². The molecule has 2 fully saturated rings. The fourth-order valence-electron chi connectivity index (χ4n) is 6.05. The number of hydrogen-bond donors (Lipinski definition) is 0. The van der Waals surface area contributed by atoms with Crippen LogP contribution in [0.1, 0.15) is 94.6 Å². The first-order valence-corrected chi connectivity index (χ1v) is 11.8. The van der Waals surface area contributed by atoms with Gasteiger partial charge in [0.25, 0.3) is 0 Å². The van der Waals surface area contributed by atoms with Crippen molar-refractivity contribution in [2.45, 2.75) is 83.5 Å². The predicted octanol–water partition coefficient (Wildman–Crippen LogP) is 8.12. The summed E-state index contributed by atoms with van der Waals surface area (Å²) >= 11 is 0. The van der Waals surface area contributed by atoms with Gasteiger partial charge in [0.1, 0.15) is 5.82 Å². The van der Waals surface area contributed by atoms with Gasteiger partial charge < -0.3 is 0 Å². The van der Waals surface area contributed by atoms with E-state index >= 15 is 0 Å². The van der Waals surface area contributed by atoms with E-state index in [4.69, 9.17) is 5.26 Å². The molecule has 2 aromatic carbocycles. The van der Waals surface area contributed by atoms with E-state index in [1.165, 1.54) is 76.2 Å². The van der Waals surface area contributed by atoms with E-state index in [2.05, 4.69) is 19.1 Å². The van der Waals surface area contributed by atoms with Gasteiger partial charge in [-0.1, -0.05) is 57.6 Å². The molecule has 2 aromatic rings. The summed E-state index contributed by atoms with van der Waals surface area (Å²) in [4.78, 5) is 0. The second-order valence-corrected chi connectivity index (χ2v) is 9.61. The molecule has 2 aliphatic rings. The highest BCUT2D eigenvalue weighted by Gasteiger charge is 2.36. The monoisotopic (exact) mass is 391 g/mol. The second kappa shape index (κ2) is 9.29. The number of nitriles is 1. The standard InChI is InChI=1S/C27H34FN/c1-2-3-4-5-6-19-7-9-22-15-23(12-11-21(22)13-19)25-16-24-10-8-20(18-29)14-26(24)27(28)17-25/h8,10,14,16-17,19,21-23H,2-7,9,11-13,15H2,1H3/t19-,21?,22-,23?/m1/s1. The Labute approximate surface area is 175 Å². The van der Waals surface area contributed by atoms with Gasteiger partial charge in [-0.25, -0.2) is 4.39 Å². The Balaban J connectivity index is 1.40. The topological polar surface area (TPSA) is 23.8 Å². The van der Waals surface area contributed by atoms with E-state index in [1.54, 1.807) is 18.2 Å². The van der Waals surface area contributed by atoms with Crippen LogP contribution in [0.25, 0.3) is 10.8 Å². The third kappa shape index (κ3) is 4.66. The van der Waals surface area contributed by atoms with Crippen LogP contribution in [-0.4, -0.2) is 0 Å². The summed E-state index contributed by atoms with van der Waals surface area (Å²) in [5, 5.41) is 10.6. The van der Waals surface area contributed by atoms with Gasteiger partial charge in [-0.3, -0.25) is 0 Å².